The lowest BCUT2D eigenvalue weighted by Crippen LogP contribution is -2.44. The van der Waals surface area contributed by atoms with Crippen molar-refractivity contribution in [2.45, 2.75) is 24.3 Å². The second-order valence-electron chi connectivity index (χ2n) is 4.20. The Balaban J connectivity index is 2.92. The van der Waals surface area contributed by atoms with E-state index in [-0.39, 0.29) is 0 Å². The fourth-order valence-corrected chi connectivity index (χ4v) is 3.90. The third-order valence-electron chi connectivity index (χ3n) is 2.82. The van der Waals surface area contributed by atoms with Gasteiger partial charge < -0.3 is 24.7 Å². The molecule has 102 valence electrons. The van der Waals surface area contributed by atoms with Crippen molar-refractivity contribution in [1.82, 2.24) is 4.90 Å². The molecule has 1 saturated heterocycles. The smallest absolute Gasteiger partial charge is 0.367 e. The van der Waals surface area contributed by atoms with E-state index in [4.69, 9.17) is 19.6 Å². The number of hydrogen-bond donors (Lipinski definition) is 5. The van der Waals surface area contributed by atoms with E-state index in [2.05, 4.69) is 0 Å². The van der Waals surface area contributed by atoms with Crippen LogP contribution in [0.4, 0.5) is 0 Å². The van der Waals surface area contributed by atoms with Crippen LogP contribution < -0.4 is 0 Å². The van der Waals surface area contributed by atoms with Crippen LogP contribution in [-0.4, -0.2) is 54.3 Å². The summed E-state index contributed by atoms with van der Waals surface area (Å²) in [6.07, 6.45) is 2.51. The van der Waals surface area contributed by atoms with Gasteiger partial charge in [-0.3, -0.25) is 14.0 Å². The zero-order valence-corrected chi connectivity index (χ0v) is 10.9. The number of piperidine rings is 1. The number of nitrogens with zero attached hydrogens (tertiary/aromatic N) is 1. The molecule has 0 saturated carbocycles. The maximum Gasteiger partial charge on any atom is 0.370 e. The fourth-order valence-electron chi connectivity index (χ4n) is 1.77. The van der Waals surface area contributed by atoms with Gasteiger partial charge in [0.05, 0.1) is 6.54 Å². The van der Waals surface area contributed by atoms with Crippen molar-refractivity contribution in [3.63, 3.8) is 0 Å². The molecule has 1 aliphatic rings. The Morgan fingerprint density at radius 3 is 1.71 bits per heavy atom. The molecule has 1 fully saturated rings. The topological polar surface area (TPSA) is 139 Å². The van der Waals surface area contributed by atoms with Gasteiger partial charge >= 0.3 is 15.2 Å². The van der Waals surface area contributed by atoms with E-state index < -0.39 is 26.8 Å². The summed E-state index contributed by atoms with van der Waals surface area (Å²) in [4.78, 5) is 37.2. The maximum absolute atomic E-state index is 11.1. The Labute approximate surface area is 98.6 Å². The summed E-state index contributed by atoms with van der Waals surface area (Å²) in [6, 6.07) is 0. The molecule has 0 unspecified atom stereocenters. The highest BCUT2D eigenvalue weighted by atomic mass is 31.2. The first-order valence-electron chi connectivity index (χ1n) is 5.14. The predicted octanol–water partition coefficient (Wildman–Crippen LogP) is -0.526. The molecule has 8 nitrogen and oxygen atoms in total. The van der Waals surface area contributed by atoms with Crippen LogP contribution in [-0.2, 0) is 9.13 Å². The number of β-amino-alcohol motifs (C(OH)–C–C–N with tert-alkyl or cyclic N) is 1. The van der Waals surface area contributed by atoms with Crippen molar-refractivity contribution >= 4 is 15.2 Å². The average molecular weight is 289 g/mol. The Bertz CT molecular complexity index is 333. The third kappa shape index (κ3) is 3.36. The maximum atomic E-state index is 11.1. The zero-order valence-electron chi connectivity index (χ0n) is 9.14. The number of rotatable bonds is 4. The summed E-state index contributed by atoms with van der Waals surface area (Å²) in [5, 5.41) is 6.36. The van der Waals surface area contributed by atoms with E-state index in [0.29, 0.717) is 13.1 Å². The van der Waals surface area contributed by atoms with Crippen molar-refractivity contribution in [2.24, 2.45) is 0 Å². The fraction of sp³-hybridized carbons (Fsp3) is 1.00. The molecule has 1 rings (SSSR count). The van der Waals surface area contributed by atoms with Gasteiger partial charge in [0, 0.05) is 0 Å². The van der Waals surface area contributed by atoms with E-state index in [1.165, 1.54) is 4.90 Å². The highest BCUT2D eigenvalue weighted by Crippen LogP contribution is 2.67. The first-order valence-corrected chi connectivity index (χ1v) is 8.36. The first kappa shape index (κ1) is 15.3. The summed E-state index contributed by atoms with van der Waals surface area (Å²) in [5.41, 5.74) is 0. The standard InChI is InChI=1S/C7H17NO7P2/c9-7(16(10,11)12,17(13,14)15)6-8-4-2-1-3-5-8/h9H,1-6H2,(H2,10,11,12)(H2,13,14,15). The van der Waals surface area contributed by atoms with Crippen molar-refractivity contribution in [2.75, 3.05) is 19.6 Å². The number of likely N-dealkylation sites (tertiary alicyclic amines) is 1. The molecule has 0 amide bonds. The number of aliphatic hydroxyl groups is 1. The molecule has 1 heterocycles. The van der Waals surface area contributed by atoms with Crippen LogP contribution >= 0.6 is 15.2 Å². The van der Waals surface area contributed by atoms with Gasteiger partial charge in [0.15, 0.2) is 0 Å². The van der Waals surface area contributed by atoms with Crippen molar-refractivity contribution in [1.29, 1.82) is 0 Å². The molecule has 0 aromatic rings. The largest absolute Gasteiger partial charge is 0.370 e. The van der Waals surface area contributed by atoms with Gasteiger partial charge in [-0.05, 0) is 25.9 Å². The van der Waals surface area contributed by atoms with Crippen LogP contribution in [0.15, 0.2) is 0 Å². The molecule has 17 heavy (non-hydrogen) atoms. The van der Waals surface area contributed by atoms with E-state index in [1.54, 1.807) is 0 Å². The molecule has 10 heteroatoms. The summed E-state index contributed by atoms with van der Waals surface area (Å²) < 4.78 is 22.2. The quantitative estimate of drug-likeness (QED) is 0.435. The molecule has 0 aromatic carbocycles. The predicted molar refractivity (Wildman–Crippen MR) is 59.3 cm³/mol. The molecule has 1 aliphatic heterocycles. The Hall–Kier alpha value is 0.220. The van der Waals surface area contributed by atoms with E-state index >= 15 is 0 Å². The van der Waals surface area contributed by atoms with Gasteiger partial charge in [-0.1, -0.05) is 6.42 Å². The molecular weight excluding hydrogens is 272 g/mol. The Kier molecular flexibility index (Phi) is 4.56. The first-order chi connectivity index (χ1) is 7.58. The minimum atomic E-state index is -5.33. The van der Waals surface area contributed by atoms with Gasteiger partial charge in [0.1, 0.15) is 0 Å². The van der Waals surface area contributed by atoms with Crippen LogP contribution in [0.1, 0.15) is 19.3 Å². The second kappa shape index (κ2) is 5.07. The van der Waals surface area contributed by atoms with Gasteiger partial charge in [0.25, 0.3) is 5.08 Å². The molecule has 0 radical (unpaired) electrons. The molecular formula is C7H17NO7P2. The molecule has 0 aliphatic carbocycles. The molecule has 5 N–H and O–H groups in total. The average Bonchev–Trinajstić information content (AvgIpc) is 2.15. The van der Waals surface area contributed by atoms with Crippen molar-refractivity contribution in [3.05, 3.63) is 0 Å². The van der Waals surface area contributed by atoms with E-state index in [9.17, 15) is 14.2 Å². The van der Waals surface area contributed by atoms with Gasteiger partial charge in [0.2, 0.25) is 0 Å². The minimum absolute atomic E-state index is 0.461. The minimum Gasteiger partial charge on any atom is -0.367 e. The lowest BCUT2D eigenvalue weighted by molar-refractivity contribution is 0.0789. The monoisotopic (exact) mass is 289 g/mol. The molecule has 0 atom stereocenters. The van der Waals surface area contributed by atoms with E-state index in [0.717, 1.165) is 19.3 Å². The Morgan fingerprint density at radius 2 is 1.35 bits per heavy atom. The van der Waals surface area contributed by atoms with Crippen LogP contribution in [0.25, 0.3) is 0 Å². The summed E-state index contributed by atoms with van der Waals surface area (Å²) >= 11 is 0. The second-order valence-corrected chi connectivity index (χ2v) is 8.21. The summed E-state index contributed by atoms with van der Waals surface area (Å²) in [5.74, 6) is 0. The normalized spacial score (nSPS) is 20.5. The lowest BCUT2D eigenvalue weighted by Gasteiger charge is -2.36. The number of hydrogen-bond acceptors (Lipinski definition) is 4. The van der Waals surface area contributed by atoms with Gasteiger partial charge in [-0.15, -0.1) is 0 Å². The van der Waals surface area contributed by atoms with Gasteiger partial charge in [-0.2, -0.15) is 0 Å². The highest BCUT2D eigenvalue weighted by Gasteiger charge is 2.60. The molecule has 0 aromatic heterocycles. The van der Waals surface area contributed by atoms with Crippen molar-refractivity contribution in [3.8, 4) is 0 Å². The lowest BCUT2D eigenvalue weighted by atomic mass is 10.1. The SMILES string of the molecule is O=P(O)(O)C(O)(CN1CCCCC1)P(=O)(O)O. The van der Waals surface area contributed by atoms with Crippen LogP contribution in [0.5, 0.6) is 0 Å². The van der Waals surface area contributed by atoms with Gasteiger partial charge in [-0.25, -0.2) is 0 Å². The third-order valence-corrected chi connectivity index (χ3v) is 6.53. The zero-order chi connectivity index (χ0) is 13.3. The van der Waals surface area contributed by atoms with Crippen LogP contribution in [0, 0.1) is 0 Å². The summed E-state index contributed by atoms with van der Waals surface area (Å²) in [6.45, 7) is 0.201. The van der Waals surface area contributed by atoms with Crippen LogP contribution in [0.2, 0.25) is 0 Å². The summed E-state index contributed by atoms with van der Waals surface area (Å²) in [7, 11) is -10.7. The van der Waals surface area contributed by atoms with E-state index in [1.807, 2.05) is 0 Å². The van der Waals surface area contributed by atoms with Crippen molar-refractivity contribution < 1.29 is 33.8 Å². The highest BCUT2D eigenvalue weighted by molar-refractivity contribution is 7.72. The molecule has 0 bridgehead atoms. The molecule has 0 spiro atoms. The van der Waals surface area contributed by atoms with Crippen LogP contribution in [0.3, 0.4) is 0 Å². The Morgan fingerprint density at radius 1 is 0.941 bits per heavy atom.